The van der Waals surface area contributed by atoms with Crippen LogP contribution in [0.15, 0.2) is 48.2 Å². The van der Waals surface area contributed by atoms with Crippen LogP contribution in [0.5, 0.6) is 0 Å². The molecule has 4 nitrogen and oxygen atoms in total. The van der Waals surface area contributed by atoms with Crippen LogP contribution in [0.1, 0.15) is 63.9 Å². The number of aliphatic hydroxyl groups excluding tert-OH is 1. The van der Waals surface area contributed by atoms with Crippen molar-refractivity contribution in [1.29, 1.82) is 0 Å². The third-order valence-corrected chi connectivity index (χ3v) is 10.3. The van der Waals surface area contributed by atoms with Crippen LogP contribution in [0.25, 0.3) is 16.3 Å². The summed E-state index contributed by atoms with van der Waals surface area (Å²) in [6.07, 6.45) is 12.7. The predicted molar refractivity (Wildman–Crippen MR) is 149 cm³/mol. The molecule has 2 saturated carbocycles. The molecule has 6 rings (SSSR count). The second-order valence-corrected chi connectivity index (χ2v) is 12.6. The zero-order chi connectivity index (χ0) is 25.7. The molecule has 4 aliphatic carbocycles. The van der Waals surface area contributed by atoms with Gasteiger partial charge < -0.3 is 15.5 Å². The van der Waals surface area contributed by atoms with Gasteiger partial charge in [-0.3, -0.25) is 0 Å². The fourth-order valence-corrected chi connectivity index (χ4v) is 8.23. The van der Waals surface area contributed by atoms with Crippen LogP contribution in [0, 0.1) is 17.3 Å². The number of pyridine rings is 1. The maximum atomic E-state index is 12.4. The van der Waals surface area contributed by atoms with E-state index in [-0.39, 0.29) is 17.4 Å². The first-order chi connectivity index (χ1) is 17.1. The average Bonchev–Trinajstić information content (AvgIpc) is 3.15. The largest absolute Gasteiger partial charge is 0.393 e. The second kappa shape index (κ2) is 9.71. The van der Waals surface area contributed by atoms with Gasteiger partial charge in [0.05, 0.1) is 16.6 Å². The van der Waals surface area contributed by atoms with Crippen molar-refractivity contribution in [3.05, 3.63) is 58.9 Å². The number of hydrogen-bond acceptors (Lipinski definition) is 4. The highest BCUT2D eigenvalue weighted by atomic mass is 35.5. The molecule has 6 atom stereocenters. The molecule has 0 aliphatic heterocycles. The summed E-state index contributed by atoms with van der Waals surface area (Å²) in [5.74, 6) is 0.516. The lowest BCUT2D eigenvalue weighted by Gasteiger charge is -2.56. The van der Waals surface area contributed by atoms with E-state index in [1.165, 1.54) is 16.7 Å². The Morgan fingerprint density at radius 1 is 1.08 bits per heavy atom. The predicted octanol–water partition coefficient (Wildman–Crippen LogP) is 6.52. The SMILES string of the molecule is CC12CCC3(Cl)C=C4CC(O)CCC4CC[C@]3(O)C1CC=C2c1ccc2c(Cl)nccc2c1.CNC. The first kappa shape index (κ1) is 26.2. The van der Waals surface area contributed by atoms with Crippen molar-refractivity contribution in [3.8, 4) is 0 Å². The molecule has 4 aliphatic rings. The zero-order valence-corrected chi connectivity index (χ0v) is 23.0. The number of hydrogen-bond donors (Lipinski definition) is 3. The van der Waals surface area contributed by atoms with Gasteiger partial charge in [0.1, 0.15) is 5.15 Å². The smallest absolute Gasteiger partial charge is 0.136 e. The van der Waals surface area contributed by atoms with Gasteiger partial charge >= 0.3 is 0 Å². The summed E-state index contributed by atoms with van der Waals surface area (Å²) in [5, 5.41) is 27.9. The Kier molecular flexibility index (Phi) is 7.06. The molecule has 0 bridgehead atoms. The average molecular weight is 530 g/mol. The number of nitrogens with zero attached hydrogens (tertiary/aromatic N) is 1. The second-order valence-electron chi connectivity index (χ2n) is 11.5. The van der Waals surface area contributed by atoms with E-state index < -0.39 is 10.5 Å². The molecule has 2 fully saturated rings. The molecule has 1 heterocycles. The van der Waals surface area contributed by atoms with E-state index >= 15 is 0 Å². The molecule has 1 aromatic heterocycles. The number of aliphatic hydroxyl groups is 2. The first-order valence-electron chi connectivity index (χ1n) is 13.3. The summed E-state index contributed by atoms with van der Waals surface area (Å²) in [7, 11) is 3.75. The van der Waals surface area contributed by atoms with Crippen molar-refractivity contribution in [2.75, 3.05) is 14.1 Å². The lowest BCUT2D eigenvalue weighted by atomic mass is 9.54. The summed E-state index contributed by atoms with van der Waals surface area (Å²) in [6, 6.07) is 8.42. The third kappa shape index (κ3) is 4.14. The number of halogens is 2. The normalized spacial score (nSPS) is 37.5. The Balaban J connectivity index is 0.000000848. The lowest BCUT2D eigenvalue weighted by Crippen LogP contribution is -2.61. The summed E-state index contributed by atoms with van der Waals surface area (Å²) in [5.41, 5.74) is 2.70. The number of benzene rings is 1. The molecular weight excluding hydrogens is 491 g/mol. The molecule has 6 heteroatoms. The van der Waals surface area contributed by atoms with Crippen LogP contribution >= 0.6 is 23.2 Å². The quantitative estimate of drug-likeness (QED) is 0.224. The van der Waals surface area contributed by atoms with Crippen molar-refractivity contribution in [3.63, 3.8) is 0 Å². The monoisotopic (exact) mass is 528 g/mol. The molecule has 2 aromatic rings. The van der Waals surface area contributed by atoms with Gasteiger partial charge in [0, 0.05) is 17.5 Å². The van der Waals surface area contributed by atoms with Gasteiger partial charge in [-0.15, -0.1) is 11.6 Å². The van der Waals surface area contributed by atoms with Crippen molar-refractivity contribution in [1.82, 2.24) is 10.3 Å². The first-order valence-corrected chi connectivity index (χ1v) is 14.1. The highest BCUT2D eigenvalue weighted by Crippen LogP contribution is 2.65. The fraction of sp³-hybridized carbons (Fsp3) is 0.567. The number of nitrogens with one attached hydrogen (secondary N) is 1. The van der Waals surface area contributed by atoms with Crippen molar-refractivity contribution < 1.29 is 10.2 Å². The molecule has 0 spiro atoms. The summed E-state index contributed by atoms with van der Waals surface area (Å²) >= 11 is 13.7. The van der Waals surface area contributed by atoms with Gasteiger partial charge in [-0.1, -0.05) is 48.4 Å². The van der Waals surface area contributed by atoms with E-state index in [1.807, 2.05) is 20.2 Å². The van der Waals surface area contributed by atoms with E-state index in [1.54, 1.807) is 6.20 Å². The van der Waals surface area contributed by atoms with Gasteiger partial charge in [-0.25, -0.2) is 4.98 Å². The number of allylic oxidation sites excluding steroid dienone is 2. The van der Waals surface area contributed by atoms with E-state index in [4.69, 9.17) is 23.2 Å². The minimum absolute atomic E-state index is 0.0740. The molecule has 3 N–H and O–H groups in total. The maximum absolute atomic E-state index is 12.4. The maximum Gasteiger partial charge on any atom is 0.136 e. The molecular formula is C30H38Cl2N2O2. The fourth-order valence-electron chi connectivity index (χ4n) is 7.55. The van der Waals surface area contributed by atoms with Crippen LogP contribution in [0.4, 0.5) is 0 Å². The van der Waals surface area contributed by atoms with Crippen molar-refractivity contribution in [2.24, 2.45) is 17.3 Å². The van der Waals surface area contributed by atoms with Crippen molar-refractivity contribution >= 4 is 39.5 Å². The molecule has 0 amide bonds. The standard InChI is InChI=1S/C28H31Cl2NO2.C2H7N/c1-26-11-12-27(30)16-20-15-21(32)4-2-17(20)8-10-28(27,33)24(26)7-6-23(26)19-3-5-22-18(14-19)9-13-31-25(22)29;1-3-2/h3,5-6,9,13-14,16-17,21,24,32-33H,2,4,7-8,10-12,15H2,1H3;3H,1-2H3/t17?,21?,24?,26?,27?,28-;/m0./s1. The Labute approximate surface area is 224 Å². The van der Waals surface area contributed by atoms with Gasteiger partial charge in [0.2, 0.25) is 0 Å². The summed E-state index contributed by atoms with van der Waals surface area (Å²) in [6.45, 7) is 2.32. The van der Waals surface area contributed by atoms with Crippen LogP contribution in [0.3, 0.4) is 0 Å². The van der Waals surface area contributed by atoms with Gasteiger partial charge in [0.15, 0.2) is 0 Å². The van der Waals surface area contributed by atoms with Crippen LogP contribution in [-0.2, 0) is 0 Å². The molecule has 0 radical (unpaired) electrons. The molecule has 194 valence electrons. The van der Waals surface area contributed by atoms with Crippen LogP contribution in [0.2, 0.25) is 5.15 Å². The van der Waals surface area contributed by atoms with Crippen LogP contribution in [-0.4, -0.2) is 45.9 Å². The highest BCUT2D eigenvalue weighted by molar-refractivity contribution is 6.34. The Morgan fingerprint density at radius 2 is 1.86 bits per heavy atom. The number of alkyl halides is 1. The third-order valence-electron chi connectivity index (χ3n) is 9.41. The Morgan fingerprint density at radius 3 is 2.64 bits per heavy atom. The van der Waals surface area contributed by atoms with Gasteiger partial charge in [0.25, 0.3) is 0 Å². The summed E-state index contributed by atoms with van der Waals surface area (Å²) < 4.78 is 0. The van der Waals surface area contributed by atoms with Crippen molar-refractivity contribution in [2.45, 2.75) is 74.9 Å². The minimum atomic E-state index is -0.959. The highest BCUT2D eigenvalue weighted by Gasteiger charge is 2.64. The van der Waals surface area contributed by atoms with Gasteiger partial charge in [-0.05, 0) is 105 Å². The molecule has 0 saturated heterocycles. The summed E-state index contributed by atoms with van der Waals surface area (Å²) in [4.78, 5) is 3.44. The van der Waals surface area contributed by atoms with Gasteiger partial charge in [-0.2, -0.15) is 0 Å². The number of rotatable bonds is 1. The topological polar surface area (TPSA) is 65.4 Å². The van der Waals surface area contributed by atoms with E-state index in [2.05, 4.69) is 47.6 Å². The Bertz CT molecular complexity index is 1210. The minimum Gasteiger partial charge on any atom is -0.393 e. The van der Waals surface area contributed by atoms with E-state index in [0.29, 0.717) is 17.5 Å². The lowest BCUT2D eigenvalue weighted by molar-refractivity contribution is -0.106. The zero-order valence-electron chi connectivity index (χ0n) is 21.5. The molecule has 5 unspecified atom stereocenters. The molecule has 1 aromatic carbocycles. The number of aromatic nitrogens is 1. The van der Waals surface area contributed by atoms with E-state index in [0.717, 1.165) is 55.7 Å². The molecule has 36 heavy (non-hydrogen) atoms. The number of fused-ring (bicyclic) bond motifs is 5. The van der Waals surface area contributed by atoms with E-state index in [9.17, 15) is 10.2 Å². The Hall–Kier alpha value is -1.43. The van der Waals surface area contributed by atoms with Crippen LogP contribution < -0.4 is 5.32 Å².